The SMILES string of the molecule is CC(C)CN(CC(=O)N(CCc1c[nH]c2ccccc12)Cc1ccc(C(C)(C)C)cc1)C[C@@H](O)C(C)C. The molecule has 3 rings (SSSR count). The first-order valence-electron chi connectivity index (χ1n) is 13.8. The monoisotopic (exact) mass is 505 g/mol. The van der Waals surface area contributed by atoms with Crippen LogP contribution >= 0.6 is 0 Å². The van der Waals surface area contributed by atoms with Crippen LogP contribution in [0.5, 0.6) is 0 Å². The van der Waals surface area contributed by atoms with Crippen molar-refractivity contribution in [3.8, 4) is 0 Å². The number of fused-ring (bicyclic) bond motifs is 1. The highest BCUT2D eigenvalue weighted by Gasteiger charge is 2.22. The van der Waals surface area contributed by atoms with Gasteiger partial charge in [0.1, 0.15) is 0 Å². The Morgan fingerprint density at radius 3 is 2.27 bits per heavy atom. The van der Waals surface area contributed by atoms with E-state index in [1.165, 1.54) is 16.5 Å². The molecule has 0 saturated carbocycles. The number of hydrogen-bond acceptors (Lipinski definition) is 3. The minimum absolute atomic E-state index is 0.0952. The minimum atomic E-state index is -0.448. The van der Waals surface area contributed by atoms with Gasteiger partial charge in [0.05, 0.1) is 12.6 Å². The molecule has 0 aliphatic rings. The number of H-pyrrole nitrogens is 1. The van der Waals surface area contributed by atoms with Crippen molar-refractivity contribution in [2.75, 3.05) is 26.2 Å². The molecule has 0 saturated heterocycles. The third kappa shape index (κ3) is 8.44. The zero-order valence-electron chi connectivity index (χ0n) is 23.9. The fourth-order valence-corrected chi connectivity index (χ4v) is 4.70. The maximum atomic E-state index is 13.7. The predicted molar refractivity (Wildman–Crippen MR) is 155 cm³/mol. The van der Waals surface area contributed by atoms with Crippen molar-refractivity contribution >= 4 is 16.8 Å². The molecule has 5 heteroatoms. The number of benzene rings is 2. The Morgan fingerprint density at radius 1 is 0.973 bits per heavy atom. The molecule has 37 heavy (non-hydrogen) atoms. The summed E-state index contributed by atoms with van der Waals surface area (Å²) in [5, 5.41) is 11.8. The Bertz CT molecular complexity index is 1120. The van der Waals surface area contributed by atoms with Crippen molar-refractivity contribution in [2.24, 2.45) is 11.8 Å². The average Bonchev–Trinajstić information content (AvgIpc) is 3.24. The first-order chi connectivity index (χ1) is 17.4. The smallest absolute Gasteiger partial charge is 0.237 e. The van der Waals surface area contributed by atoms with Gasteiger partial charge in [-0.1, -0.05) is 90.9 Å². The van der Waals surface area contributed by atoms with Crippen LogP contribution < -0.4 is 0 Å². The van der Waals surface area contributed by atoms with Gasteiger partial charge in [0.25, 0.3) is 0 Å². The fraction of sp³-hybridized carbons (Fsp3) is 0.531. The molecule has 0 aliphatic heterocycles. The van der Waals surface area contributed by atoms with Gasteiger partial charge in [-0.2, -0.15) is 0 Å². The Morgan fingerprint density at radius 2 is 1.65 bits per heavy atom. The van der Waals surface area contributed by atoms with Crippen LogP contribution in [0.25, 0.3) is 10.9 Å². The van der Waals surface area contributed by atoms with Gasteiger partial charge in [-0.05, 0) is 46.4 Å². The predicted octanol–water partition coefficient (Wildman–Crippen LogP) is 6.01. The van der Waals surface area contributed by atoms with Gasteiger partial charge in [0.15, 0.2) is 0 Å². The molecule has 5 nitrogen and oxygen atoms in total. The molecule has 2 N–H and O–H groups in total. The number of aliphatic hydroxyl groups is 1. The quantitative estimate of drug-likeness (QED) is 0.317. The number of carbonyl (C=O) groups is 1. The minimum Gasteiger partial charge on any atom is -0.392 e. The first kappa shape index (κ1) is 28.9. The summed E-state index contributed by atoms with van der Waals surface area (Å²) in [6, 6.07) is 17.0. The Hall–Kier alpha value is -2.63. The second-order valence-electron chi connectivity index (χ2n) is 12.3. The molecule has 0 fully saturated rings. The van der Waals surface area contributed by atoms with Crippen LogP contribution in [0.1, 0.15) is 65.2 Å². The molecule has 3 aromatic rings. The van der Waals surface area contributed by atoms with E-state index in [1.54, 1.807) is 0 Å². The summed E-state index contributed by atoms with van der Waals surface area (Å²) in [6.07, 6.45) is 2.40. The van der Waals surface area contributed by atoms with E-state index < -0.39 is 6.10 Å². The molecule has 2 aromatic carbocycles. The van der Waals surface area contributed by atoms with E-state index in [1.807, 2.05) is 24.8 Å². The van der Waals surface area contributed by atoms with E-state index in [0.717, 1.165) is 24.0 Å². The van der Waals surface area contributed by atoms with Gasteiger partial charge in [-0.3, -0.25) is 9.69 Å². The normalized spacial score (nSPS) is 13.2. The highest BCUT2D eigenvalue weighted by Crippen LogP contribution is 2.23. The maximum Gasteiger partial charge on any atom is 0.237 e. The van der Waals surface area contributed by atoms with Crippen LogP contribution in [-0.4, -0.2) is 58.1 Å². The van der Waals surface area contributed by atoms with Crippen molar-refractivity contribution in [3.63, 3.8) is 0 Å². The summed E-state index contributed by atoms with van der Waals surface area (Å²) in [5.41, 5.74) is 4.87. The molecule has 1 amide bonds. The molecule has 1 heterocycles. The van der Waals surface area contributed by atoms with Gasteiger partial charge in [-0.25, -0.2) is 0 Å². The lowest BCUT2D eigenvalue weighted by atomic mass is 9.87. The number of para-hydroxylation sites is 1. The molecular weight excluding hydrogens is 458 g/mol. The zero-order chi connectivity index (χ0) is 27.2. The second-order valence-corrected chi connectivity index (χ2v) is 12.3. The van der Waals surface area contributed by atoms with Crippen LogP contribution in [0.15, 0.2) is 54.7 Å². The van der Waals surface area contributed by atoms with E-state index in [-0.39, 0.29) is 17.2 Å². The Balaban J connectivity index is 1.79. The molecule has 1 atom stereocenters. The lowest BCUT2D eigenvalue weighted by Gasteiger charge is -2.31. The van der Waals surface area contributed by atoms with E-state index in [4.69, 9.17) is 0 Å². The highest BCUT2D eigenvalue weighted by molar-refractivity contribution is 5.83. The zero-order valence-corrected chi connectivity index (χ0v) is 23.9. The number of aromatic amines is 1. The number of carbonyl (C=O) groups excluding carboxylic acids is 1. The Kier molecular flexibility index (Phi) is 9.97. The molecule has 0 spiro atoms. The van der Waals surface area contributed by atoms with Crippen molar-refractivity contribution in [2.45, 2.75) is 73.0 Å². The Labute approximate surface area is 223 Å². The third-order valence-corrected chi connectivity index (χ3v) is 7.07. The van der Waals surface area contributed by atoms with Crippen LogP contribution in [-0.2, 0) is 23.2 Å². The average molecular weight is 506 g/mol. The number of rotatable bonds is 12. The van der Waals surface area contributed by atoms with Crippen LogP contribution in [0.4, 0.5) is 0 Å². The lowest BCUT2D eigenvalue weighted by Crippen LogP contribution is -2.45. The van der Waals surface area contributed by atoms with Gasteiger partial charge in [-0.15, -0.1) is 0 Å². The third-order valence-electron chi connectivity index (χ3n) is 7.07. The standard InChI is InChI=1S/C32H47N3O2/c1-23(2)19-34(21-30(36)24(3)4)22-31(37)35(20-25-12-14-27(15-13-25)32(5,6)7)17-16-26-18-33-29-11-9-8-10-28(26)29/h8-15,18,23-24,30,33,36H,16-17,19-22H2,1-7H3/t30-/m1/s1. The molecule has 0 aliphatic carbocycles. The first-order valence-corrected chi connectivity index (χ1v) is 13.8. The largest absolute Gasteiger partial charge is 0.392 e. The summed E-state index contributed by atoms with van der Waals surface area (Å²) >= 11 is 0. The van der Waals surface area contributed by atoms with E-state index in [0.29, 0.717) is 32.1 Å². The van der Waals surface area contributed by atoms with Crippen LogP contribution in [0.2, 0.25) is 0 Å². The summed E-state index contributed by atoms with van der Waals surface area (Å²) in [7, 11) is 0. The van der Waals surface area contributed by atoms with Crippen LogP contribution in [0, 0.1) is 11.8 Å². The molecular formula is C32H47N3O2. The van der Waals surface area contributed by atoms with Crippen molar-refractivity contribution < 1.29 is 9.90 Å². The number of hydrogen-bond donors (Lipinski definition) is 2. The van der Waals surface area contributed by atoms with Gasteiger partial charge in [0, 0.05) is 43.3 Å². The summed E-state index contributed by atoms with van der Waals surface area (Å²) in [5.74, 6) is 0.678. The van der Waals surface area contributed by atoms with Gasteiger partial charge < -0.3 is 15.0 Å². The number of nitrogens with zero attached hydrogens (tertiary/aromatic N) is 2. The van der Waals surface area contributed by atoms with E-state index in [9.17, 15) is 9.90 Å². The second kappa shape index (κ2) is 12.7. The molecule has 0 radical (unpaired) electrons. The van der Waals surface area contributed by atoms with Crippen molar-refractivity contribution in [1.29, 1.82) is 0 Å². The summed E-state index contributed by atoms with van der Waals surface area (Å²) in [6.45, 7) is 17.8. The fourth-order valence-electron chi connectivity index (χ4n) is 4.70. The molecule has 1 aromatic heterocycles. The lowest BCUT2D eigenvalue weighted by molar-refractivity contribution is -0.133. The molecule has 0 unspecified atom stereocenters. The van der Waals surface area contributed by atoms with Gasteiger partial charge >= 0.3 is 0 Å². The number of nitrogens with one attached hydrogen (secondary N) is 1. The van der Waals surface area contributed by atoms with Crippen molar-refractivity contribution in [1.82, 2.24) is 14.8 Å². The summed E-state index contributed by atoms with van der Waals surface area (Å²) < 4.78 is 0. The number of aromatic nitrogens is 1. The van der Waals surface area contributed by atoms with Crippen LogP contribution in [0.3, 0.4) is 0 Å². The van der Waals surface area contributed by atoms with E-state index >= 15 is 0 Å². The number of aliphatic hydroxyl groups excluding tert-OH is 1. The molecule has 202 valence electrons. The van der Waals surface area contributed by atoms with E-state index in [2.05, 4.69) is 93.2 Å². The summed E-state index contributed by atoms with van der Waals surface area (Å²) in [4.78, 5) is 21.2. The topological polar surface area (TPSA) is 59.6 Å². The van der Waals surface area contributed by atoms with Crippen molar-refractivity contribution in [3.05, 3.63) is 71.4 Å². The van der Waals surface area contributed by atoms with Gasteiger partial charge in [0.2, 0.25) is 5.91 Å². The highest BCUT2D eigenvalue weighted by atomic mass is 16.3. The maximum absolute atomic E-state index is 13.7. The molecule has 0 bridgehead atoms. The number of amides is 1.